The largest absolute Gasteiger partial charge is 0.493 e. The highest BCUT2D eigenvalue weighted by Crippen LogP contribution is 2.41. The molecular formula is C18H16BFO4. The van der Waals surface area contributed by atoms with Gasteiger partial charge in [-0.3, -0.25) is 0 Å². The summed E-state index contributed by atoms with van der Waals surface area (Å²) < 4.78 is 25.3. The van der Waals surface area contributed by atoms with E-state index in [1.54, 1.807) is 12.1 Å². The first-order valence-electron chi connectivity index (χ1n) is 7.37. The zero-order valence-electron chi connectivity index (χ0n) is 13.3. The second kappa shape index (κ2) is 6.51. The third-order valence-corrected chi connectivity index (χ3v) is 3.98. The van der Waals surface area contributed by atoms with Crippen LogP contribution in [0.1, 0.15) is 0 Å². The van der Waals surface area contributed by atoms with E-state index in [0.717, 1.165) is 10.8 Å². The zero-order chi connectivity index (χ0) is 17.3. The first-order valence-corrected chi connectivity index (χ1v) is 7.37. The molecule has 0 aromatic heterocycles. The summed E-state index contributed by atoms with van der Waals surface area (Å²) in [5, 5.41) is 20.6. The van der Waals surface area contributed by atoms with Crippen LogP contribution in [0.25, 0.3) is 21.9 Å². The number of benzene rings is 3. The van der Waals surface area contributed by atoms with Crippen LogP contribution in [0, 0.1) is 5.82 Å². The number of methoxy groups -OCH3 is 2. The van der Waals surface area contributed by atoms with Gasteiger partial charge in [0.15, 0.2) is 11.5 Å². The van der Waals surface area contributed by atoms with Crippen LogP contribution >= 0.6 is 0 Å². The maximum Gasteiger partial charge on any atom is 0.492 e. The van der Waals surface area contributed by atoms with E-state index in [-0.39, 0.29) is 17.0 Å². The number of fused-ring (bicyclic) bond motifs is 1. The molecule has 0 amide bonds. The van der Waals surface area contributed by atoms with Gasteiger partial charge in [0.1, 0.15) is 5.82 Å². The Morgan fingerprint density at radius 2 is 1.58 bits per heavy atom. The molecule has 4 nitrogen and oxygen atoms in total. The van der Waals surface area contributed by atoms with Gasteiger partial charge in [-0.25, -0.2) is 4.39 Å². The van der Waals surface area contributed by atoms with Gasteiger partial charge in [-0.1, -0.05) is 42.5 Å². The van der Waals surface area contributed by atoms with E-state index in [4.69, 9.17) is 9.47 Å². The third kappa shape index (κ3) is 2.60. The molecule has 0 heterocycles. The summed E-state index contributed by atoms with van der Waals surface area (Å²) >= 11 is 0. The van der Waals surface area contributed by atoms with Gasteiger partial charge in [-0.2, -0.15) is 0 Å². The van der Waals surface area contributed by atoms with Gasteiger partial charge in [-0.05, 0) is 16.8 Å². The van der Waals surface area contributed by atoms with Gasteiger partial charge in [-0.15, -0.1) is 0 Å². The molecule has 0 spiro atoms. The number of hydrogen-bond donors (Lipinski definition) is 2. The number of hydrogen-bond acceptors (Lipinski definition) is 4. The van der Waals surface area contributed by atoms with Crippen molar-refractivity contribution in [2.75, 3.05) is 14.2 Å². The topological polar surface area (TPSA) is 58.9 Å². The van der Waals surface area contributed by atoms with Crippen molar-refractivity contribution in [2.45, 2.75) is 0 Å². The van der Waals surface area contributed by atoms with Crippen LogP contribution in [0.5, 0.6) is 11.5 Å². The Morgan fingerprint density at radius 3 is 2.25 bits per heavy atom. The molecule has 0 bridgehead atoms. The summed E-state index contributed by atoms with van der Waals surface area (Å²) in [6.45, 7) is 0. The van der Waals surface area contributed by atoms with Crippen LogP contribution in [0.2, 0.25) is 0 Å². The lowest BCUT2D eigenvalue weighted by Crippen LogP contribution is -2.31. The molecule has 0 radical (unpaired) electrons. The van der Waals surface area contributed by atoms with Crippen LogP contribution in [-0.2, 0) is 0 Å². The van der Waals surface area contributed by atoms with Crippen molar-refractivity contribution < 1.29 is 23.9 Å². The quantitative estimate of drug-likeness (QED) is 0.723. The van der Waals surface area contributed by atoms with E-state index in [2.05, 4.69) is 0 Å². The summed E-state index contributed by atoms with van der Waals surface area (Å²) in [7, 11) is 1.10. The molecule has 0 saturated carbocycles. The first kappa shape index (κ1) is 16.3. The van der Waals surface area contributed by atoms with Gasteiger partial charge in [0.25, 0.3) is 0 Å². The fourth-order valence-corrected chi connectivity index (χ4v) is 2.91. The van der Waals surface area contributed by atoms with E-state index >= 15 is 0 Å². The third-order valence-electron chi connectivity index (χ3n) is 3.98. The predicted molar refractivity (Wildman–Crippen MR) is 92.3 cm³/mol. The number of rotatable bonds is 4. The van der Waals surface area contributed by atoms with Crippen LogP contribution in [0.3, 0.4) is 0 Å². The van der Waals surface area contributed by atoms with Crippen molar-refractivity contribution in [1.29, 1.82) is 0 Å². The van der Waals surface area contributed by atoms with Crippen molar-refractivity contribution in [3.63, 3.8) is 0 Å². The Morgan fingerprint density at radius 1 is 0.875 bits per heavy atom. The molecule has 6 heteroatoms. The predicted octanol–water partition coefficient (Wildman–Crippen LogP) is 2.34. The Kier molecular flexibility index (Phi) is 4.42. The van der Waals surface area contributed by atoms with Gasteiger partial charge in [0.05, 0.1) is 14.2 Å². The Balaban J connectivity index is 2.37. The van der Waals surface area contributed by atoms with Crippen molar-refractivity contribution in [3.8, 4) is 22.6 Å². The van der Waals surface area contributed by atoms with Crippen molar-refractivity contribution in [3.05, 3.63) is 54.3 Å². The standard InChI is InChI=1S/C18H16BFO4/c1-23-17-13(8-9-14(19(21)22)18(17)24-2)16-12-6-4-3-5-11(12)7-10-15(16)20/h3-10,21-22H,1-2H3. The lowest BCUT2D eigenvalue weighted by molar-refractivity contribution is 0.355. The zero-order valence-corrected chi connectivity index (χ0v) is 13.3. The monoisotopic (exact) mass is 326 g/mol. The lowest BCUT2D eigenvalue weighted by Gasteiger charge is -2.18. The summed E-state index contributed by atoms with van der Waals surface area (Å²) in [6.07, 6.45) is 0. The highest BCUT2D eigenvalue weighted by Gasteiger charge is 2.25. The number of halogens is 1. The van der Waals surface area contributed by atoms with Crippen LogP contribution in [0.15, 0.2) is 48.5 Å². The molecule has 0 atom stereocenters. The van der Waals surface area contributed by atoms with Crippen molar-refractivity contribution in [2.24, 2.45) is 0 Å². The molecule has 0 fully saturated rings. The van der Waals surface area contributed by atoms with Crippen LogP contribution < -0.4 is 14.9 Å². The van der Waals surface area contributed by atoms with Crippen LogP contribution in [-0.4, -0.2) is 31.4 Å². The van der Waals surface area contributed by atoms with E-state index in [0.29, 0.717) is 11.1 Å². The SMILES string of the molecule is COc1c(B(O)O)ccc(-c2c(F)ccc3ccccc23)c1OC. The molecule has 0 aliphatic carbocycles. The molecule has 2 N–H and O–H groups in total. The summed E-state index contributed by atoms with van der Waals surface area (Å²) in [5.74, 6) is 0.0158. The highest BCUT2D eigenvalue weighted by molar-refractivity contribution is 6.60. The van der Waals surface area contributed by atoms with E-state index in [9.17, 15) is 14.4 Å². The first-order chi connectivity index (χ1) is 11.6. The Hall–Kier alpha value is -2.57. The minimum Gasteiger partial charge on any atom is -0.493 e. The maximum atomic E-state index is 14.6. The summed E-state index contributed by atoms with van der Waals surface area (Å²) in [6, 6.07) is 13.6. The second-order valence-corrected chi connectivity index (χ2v) is 5.29. The molecule has 0 saturated heterocycles. The number of ether oxygens (including phenoxy) is 2. The lowest BCUT2D eigenvalue weighted by atomic mass is 9.78. The fraction of sp³-hybridized carbons (Fsp3) is 0.111. The van der Waals surface area contributed by atoms with Gasteiger partial charge >= 0.3 is 7.12 Å². The second-order valence-electron chi connectivity index (χ2n) is 5.29. The molecule has 122 valence electrons. The maximum absolute atomic E-state index is 14.6. The average molecular weight is 326 g/mol. The Labute approximate surface area is 139 Å². The van der Waals surface area contributed by atoms with E-state index < -0.39 is 12.9 Å². The normalized spacial score (nSPS) is 10.7. The fourth-order valence-electron chi connectivity index (χ4n) is 2.91. The molecule has 24 heavy (non-hydrogen) atoms. The van der Waals surface area contributed by atoms with Crippen molar-refractivity contribution in [1.82, 2.24) is 0 Å². The molecule has 0 aliphatic rings. The average Bonchev–Trinajstić information content (AvgIpc) is 2.60. The molecule has 0 unspecified atom stereocenters. The Bertz CT molecular complexity index is 896. The minimum atomic E-state index is -1.72. The van der Waals surface area contributed by atoms with Crippen LogP contribution in [0.4, 0.5) is 4.39 Å². The summed E-state index contributed by atoms with van der Waals surface area (Å²) in [4.78, 5) is 0. The van der Waals surface area contributed by atoms with E-state index in [1.807, 2.05) is 24.3 Å². The molecule has 0 aliphatic heterocycles. The molecule has 3 aromatic carbocycles. The molecule has 3 aromatic rings. The summed E-state index contributed by atoms with van der Waals surface area (Å²) in [5.41, 5.74) is 1.01. The molecular weight excluding hydrogens is 310 g/mol. The highest BCUT2D eigenvalue weighted by atomic mass is 19.1. The molecule has 3 rings (SSSR count). The van der Waals surface area contributed by atoms with Crippen molar-refractivity contribution >= 4 is 23.4 Å². The van der Waals surface area contributed by atoms with E-state index in [1.165, 1.54) is 26.4 Å². The van der Waals surface area contributed by atoms with Gasteiger partial charge < -0.3 is 19.5 Å². The minimum absolute atomic E-state index is 0.152. The smallest absolute Gasteiger partial charge is 0.492 e. The van der Waals surface area contributed by atoms with Gasteiger partial charge in [0.2, 0.25) is 0 Å². The van der Waals surface area contributed by atoms with Gasteiger partial charge in [0, 0.05) is 16.6 Å².